The fourth-order valence-corrected chi connectivity index (χ4v) is 3.22. The highest BCUT2D eigenvalue weighted by atomic mass is 32.2. The number of nitrogen functional groups attached to an aromatic ring is 1. The second-order valence-electron chi connectivity index (χ2n) is 4.94. The Morgan fingerprint density at radius 3 is 2.90 bits per heavy atom. The lowest BCUT2D eigenvalue weighted by atomic mass is 10.1. The van der Waals surface area contributed by atoms with Crippen molar-refractivity contribution in [2.24, 2.45) is 0 Å². The number of thioether (sulfide) groups is 1. The molecule has 1 amide bonds. The number of nitrogens with zero attached hydrogens (tertiary/aromatic N) is 1. The monoisotopic (exact) mass is 291 g/mol. The number of H-pyrrole nitrogens is 1. The van der Waals surface area contributed by atoms with E-state index in [-0.39, 0.29) is 11.9 Å². The SMILES string of the molecule is CCC(CSC)N(C)C(=O)c1c[nH]c2cc(N)ccc12. The number of rotatable bonds is 5. The Balaban J connectivity index is 2.31. The Morgan fingerprint density at radius 1 is 1.50 bits per heavy atom. The third-order valence-electron chi connectivity index (χ3n) is 3.63. The summed E-state index contributed by atoms with van der Waals surface area (Å²) in [6.45, 7) is 2.11. The van der Waals surface area contributed by atoms with Gasteiger partial charge in [-0.3, -0.25) is 4.79 Å². The molecule has 1 atom stereocenters. The molecular formula is C15H21N3OS. The maximum absolute atomic E-state index is 12.6. The molecule has 1 heterocycles. The number of carbonyl (C=O) groups excluding carboxylic acids is 1. The van der Waals surface area contributed by atoms with E-state index in [1.54, 1.807) is 18.0 Å². The topological polar surface area (TPSA) is 62.1 Å². The standard InChI is InChI=1S/C15H21N3OS/c1-4-11(9-20-3)18(2)15(19)13-8-17-14-7-10(16)5-6-12(13)14/h5-8,11,17H,4,9,16H2,1-3H3. The fourth-order valence-electron chi connectivity index (χ4n) is 2.37. The van der Waals surface area contributed by atoms with Crippen molar-refractivity contribution in [2.45, 2.75) is 19.4 Å². The van der Waals surface area contributed by atoms with Crippen molar-refractivity contribution in [2.75, 3.05) is 24.8 Å². The van der Waals surface area contributed by atoms with Gasteiger partial charge < -0.3 is 15.6 Å². The van der Waals surface area contributed by atoms with Gasteiger partial charge in [0.1, 0.15) is 0 Å². The minimum Gasteiger partial charge on any atom is -0.399 e. The normalized spacial score (nSPS) is 12.6. The summed E-state index contributed by atoms with van der Waals surface area (Å²) in [4.78, 5) is 17.6. The van der Waals surface area contributed by atoms with Crippen molar-refractivity contribution in [3.8, 4) is 0 Å². The Labute approximate surface area is 123 Å². The third-order valence-corrected chi connectivity index (χ3v) is 4.35. The number of nitrogens with one attached hydrogen (secondary N) is 1. The molecule has 1 unspecified atom stereocenters. The highest BCUT2D eigenvalue weighted by Gasteiger charge is 2.21. The molecule has 20 heavy (non-hydrogen) atoms. The molecule has 108 valence electrons. The molecule has 0 saturated heterocycles. The lowest BCUT2D eigenvalue weighted by Gasteiger charge is -2.26. The van der Waals surface area contributed by atoms with Crippen LogP contribution in [0.25, 0.3) is 10.9 Å². The van der Waals surface area contributed by atoms with E-state index in [4.69, 9.17) is 5.73 Å². The van der Waals surface area contributed by atoms with E-state index in [0.29, 0.717) is 11.3 Å². The van der Waals surface area contributed by atoms with Crippen molar-refractivity contribution in [1.82, 2.24) is 9.88 Å². The van der Waals surface area contributed by atoms with Gasteiger partial charge in [0.15, 0.2) is 0 Å². The molecule has 0 aliphatic carbocycles. The number of carbonyl (C=O) groups is 1. The van der Waals surface area contributed by atoms with Crippen LogP contribution in [-0.2, 0) is 0 Å². The zero-order valence-electron chi connectivity index (χ0n) is 12.1. The van der Waals surface area contributed by atoms with Crippen LogP contribution >= 0.6 is 11.8 Å². The van der Waals surface area contributed by atoms with E-state index in [1.807, 2.05) is 30.1 Å². The molecule has 2 aromatic rings. The van der Waals surface area contributed by atoms with Gasteiger partial charge in [0.2, 0.25) is 0 Å². The van der Waals surface area contributed by atoms with Crippen LogP contribution in [0.2, 0.25) is 0 Å². The fraction of sp³-hybridized carbons (Fsp3) is 0.400. The first kappa shape index (κ1) is 14.8. The predicted octanol–water partition coefficient (Wildman–Crippen LogP) is 2.96. The Kier molecular flexibility index (Phi) is 4.60. The van der Waals surface area contributed by atoms with Gasteiger partial charge >= 0.3 is 0 Å². The molecule has 0 bridgehead atoms. The van der Waals surface area contributed by atoms with Gasteiger partial charge in [-0.05, 0) is 30.9 Å². The Bertz CT molecular complexity index is 608. The molecule has 1 aromatic heterocycles. The van der Waals surface area contributed by atoms with Gasteiger partial charge in [0.25, 0.3) is 5.91 Å². The first-order chi connectivity index (χ1) is 9.58. The zero-order valence-corrected chi connectivity index (χ0v) is 13.0. The number of amides is 1. The summed E-state index contributed by atoms with van der Waals surface area (Å²) in [6.07, 6.45) is 4.79. The highest BCUT2D eigenvalue weighted by Crippen LogP contribution is 2.23. The van der Waals surface area contributed by atoms with Crippen LogP contribution < -0.4 is 5.73 Å². The van der Waals surface area contributed by atoms with E-state index < -0.39 is 0 Å². The largest absolute Gasteiger partial charge is 0.399 e. The summed E-state index contributed by atoms with van der Waals surface area (Å²) in [6, 6.07) is 5.84. The molecule has 0 spiro atoms. The summed E-state index contributed by atoms with van der Waals surface area (Å²) < 4.78 is 0. The molecular weight excluding hydrogens is 270 g/mol. The van der Waals surface area contributed by atoms with E-state index in [2.05, 4.69) is 18.2 Å². The van der Waals surface area contributed by atoms with Crippen LogP contribution in [0.5, 0.6) is 0 Å². The average Bonchev–Trinajstić information content (AvgIpc) is 2.86. The van der Waals surface area contributed by atoms with Gasteiger partial charge in [-0.15, -0.1) is 0 Å². The summed E-state index contributed by atoms with van der Waals surface area (Å²) >= 11 is 1.76. The number of anilines is 1. The summed E-state index contributed by atoms with van der Waals surface area (Å²) in [5.41, 5.74) is 8.07. The van der Waals surface area contributed by atoms with Crippen LogP contribution in [0.4, 0.5) is 5.69 Å². The molecule has 0 fully saturated rings. The number of nitrogens with two attached hydrogens (primary N) is 1. The smallest absolute Gasteiger partial charge is 0.256 e. The van der Waals surface area contributed by atoms with Crippen molar-refractivity contribution in [3.05, 3.63) is 30.0 Å². The first-order valence-electron chi connectivity index (χ1n) is 6.71. The molecule has 0 radical (unpaired) electrons. The zero-order chi connectivity index (χ0) is 14.7. The van der Waals surface area contributed by atoms with E-state index in [1.165, 1.54) is 0 Å². The minimum absolute atomic E-state index is 0.0573. The maximum atomic E-state index is 12.6. The molecule has 5 heteroatoms. The number of hydrogen-bond acceptors (Lipinski definition) is 3. The van der Waals surface area contributed by atoms with Crippen molar-refractivity contribution >= 4 is 34.3 Å². The molecule has 0 aliphatic rings. The van der Waals surface area contributed by atoms with Gasteiger partial charge in [0, 0.05) is 41.6 Å². The number of aromatic amines is 1. The van der Waals surface area contributed by atoms with Gasteiger partial charge in [0.05, 0.1) is 5.56 Å². The maximum Gasteiger partial charge on any atom is 0.256 e. The molecule has 0 saturated carbocycles. The third kappa shape index (κ3) is 2.77. The Hall–Kier alpha value is -1.62. The number of hydrogen-bond donors (Lipinski definition) is 2. The number of aromatic nitrogens is 1. The number of fused-ring (bicyclic) bond motifs is 1. The molecule has 0 aliphatic heterocycles. The molecule has 2 rings (SSSR count). The summed E-state index contributed by atoms with van der Waals surface area (Å²) in [7, 11) is 1.88. The second kappa shape index (κ2) is 6.22. The van der Waals surface area contributed by atoms with Crippen molar-refractivity contribution in [3.63, 3.8) is 0 Å². The van der Waals surface area contributed by atoms with Crippen LogP contribution in [0.1, 0.15) is 23.7 Å². The predicted molar refractivity (Wildman–Crippen MR) is 87.3 cm³/mol. The van der Waals surface area contributed by atoms with E-state index in [9.17, 15) is 4.79 Å². The first-order valence-corrected chi connectivity index (χ1v) is 8.10. The molecule has 4 nitrogen and oxygen atoms in total. The second-order valence-corrected chi connectivity index (χ2v) is 5.85. The van der Waals surface area contributed by atoms with Crippen LogP contribution in [-0.4, -0.2) is 40.9 Å². The van der Waals surface area contributed by atoms with E-state index >= 15 is 0 Å². The average molecular weight is 291 g/mol. The lowest BCUT2D eigenvalue weighted by molar-refractivity contribution is 0.0745. The molecule has 1 aromatic carbocycles. The Morgan fingerprint density at radius 2 is 2.25 bits per heavy atom. The number of benzene rings is 1. The van der Waals surface area contributed by atoms with Crippen LogP contribution in [0.3, 0.4) is 0 Å². The summed E-state index contributed by atoms with van der Waals surface area (Å²) in [5.74, 6) is 1.01. The minimum atomic E-state index is 0.0573. The van der Waals surface area contributed by atoms with Crippen molar-refractivity contribution < 1.29 is 4.79 Å². The quantitative estimate of drug-likeness (QED) is 0.833. The van der Waals surface area contributed by atoms with Crippen LogP contribution in [0.15, 0.2) is 24.4 Å². The van der Waals surface area contributed by atoms with Gasteiger partial charge in [-0.2, -0.15) is 11.8 Å². The lowest BCUT2D eigenvalue weighted by Crippen LogP contribution is -2.38. The highest BCUT2D eigenvalue weighted by molar-refractivity contribution is 7.98. The van der Waals surface area contributed by atoms with Crippen LogP contribution in [0, 0.1) is 0 Å². The van der Waals surface area contributed by atoms with Gasteiger partial charge in [-0.25, -0.2) is 0 Å². The summed E-state index contributed by atoms with van der Waals surface area (Å²) in [5, 5.41) is 0.926. The molecule has 3 N–H and O–H groups in total. The van der Waals surface area contributed by atoms with Crippen molar-refractivity contribution in [1.29, 1.82) is 0 Å². The van der Waals surface area contributed by atoms with Gasteiger partial charge in [-0.1, -0.05) is 6.92 Å². The van der Waals surface area contributed by atoms with E-state index in [0.717, 1.165) is 23.1 Å².